The molecule has 0 radical (unpaired) electrons. The van der Waals surface area contributed by atoms with E-state index < -0.39 is 0 Å². The van der Waals surface area contributed by atoms with E-state index in [-0.39, 0.29) is 0 Å². The first-order valence-electron chi connectivity index (χ1n) is 7.98. The Balaban J connectivity index is 1.57. The molecule has 6 nitrogen and oxygen atoms in total. The highest BCUT2D eigenvalue weighted by Crippen LogP contribution is 2.33. The van der Waals surface area contributed by atoms with E-state index in [1.807, 2.05) is 25.1 Å². The number of rotatable bonds is 3. The van der Waals surface area contributed by atoms with E-state index in [9.17, 15) is 0 Å². The molecule has 3 heterocycles. The molecule has 6 heteroatoms. The fourth-order valence-corrected chi connectivity index (χ4v) is 3.27. The van der Waals surface area contributed by atoms with Crippen LogP contribution in [0.5, 0.6) is 0 Å². The largest absolute Gasteiger partial charge is 0.368 e. The standard InChI is InChI=1S/C17H20N6/c1-3-12-10(2)19-17(18)22-16(12)23-8-11(9-23)15-20-13-6-4-5-7-14(13)21-15/h4-7,11H,3,8-9H2,1-2H3,(H,20,21)(H2,18,19,22). The lowest BCUT2D eigenvalue weighted by atomic mass is 9.98. The Labute approximate surface area is 134 Å². The summed E-state index contributed by atoms with van der Waals surface area (Å²) < 4.78 is 0. The maximum Gasteiger partial charge on any atom is 0.222 e. The quantitative estimate of drug-likeness (QED) is 0.776. The Morgan fingerprint density at radius 2 is 2.00 bits per heavy atom. The van der Waals surface area contributed by atoms with Crippen molar-refractivity contribution in [3.05, 3.63) is 41.3 Å². The van der Waals surface area contributed by atoms with Crippen molar-refractivity contribution in [2.24, 2.45) is 0 Å². The molecule has 1 aliphatic rings. The average molecular weight is 308 g/mol. The molecule has 0 unspecified atom stereocenters. The maximum absolute atomic E-state index is 5.83. The van der Waals surface area contributed by atoms with E-state index in [0.29, 0.717) is 11.9 Å². The van der Waals surface area contributed by atoms with Crippen molar-refractivity contribution in [1.82, 2.24) is 19.9 Å². The van der Waals surface area contributed by atoms with Crippen molar-refractivity contribution in [3.63, 3.8) is 0 Å². The topological polar surface area (TPSA) is 83.7 Å². The van der Waals surface area contributed by atoms with Gasteiger partial charge in [-0.05, 0) is 25.5 Å². The molecule has 118 valence electrons. The van der Waals surface area contributed by atoms with Gasteiger partial charge in [-0.3, -0.25) is 0 Å². The number of hydrogen-bond donors (Lipinski definition) is 2. The molecule has 0 saturated carbocycles. The van der Waals surface area contributed by atoms with Gasteiger partial charge in [0.15, 0.2) is 0 Å². The number of para-hydroxylation sites is 2. The number of aryl methyl sites for hydroxylation is 1. The van der Waals surface area contributed by atoms with Crippen LogP contribution in [0.3, 0.4) is 0 Å². The van der Waals surface area contributed by atoms with Crippen LogP contribution in [0.25, 0.3) is 11.0 Å². The van der Waals surface area contributed by atoms with Crippen LogP contribution in [-0.2, 0) is 6.42 Å². The molecule has 23 heavy (non-hydrogen) atoms. The molecule has 0 aliphatic carbocycles. The smallest absolute Gasteiger partial charge is 0.222 e. The van der Waals surface area contributed by atoms with Crippen molar-refractivity contribution < 1.29 is 0 Å². The summed E-state index contributed by atoms with van der Waals surface area (Å²) in [7, 11) is 0. The SMILES string of the molecule is CCc1c(C)nc(N)nc1N1CC(c2nc3ccccc3[nH]2)C1. The minimum atomic E-state index is 0.349. The van der Waals surface area contributed by atoms with Crippen LogP contribution in [0.4, 0.5) is 11.8 Å². The minimum Gasteiger partial charge on any atom is -0.368 e. The van der Waals surface area contributed by atoms with Crippen LogP contribution in [0.2, 0.25) is 0 Å². The number of nitrogens with one attached hydrogen (secondary N) is 1. The Morgan fingerprint density at radius 1 is 1.22 bits per heavy atom. The zero-order chi connectivity index (χ0) is 16.0. The number of nitrogens with two attached hydrogens (primary N) is 1. The molecule has 0 amide bonds. The normalized spacial score (nSPS) is 15.1. The number of nitrogen functional groups attached to an aromatic ring is 1. The molecule has 3 aromatic rings. The van der Waals surface area contributed by atoms with Gasteiger partial charge in [0.2, 0.25) is 5.95 Å². The van der Waals surface area contributed by atoms with Gasteiger partial charge in [-0.2, -0.15) is 4.98 Å². The predicted octanol–water partition coefficient (Wildman–Crippen LogP) is 2.41. The van der Waals surface area contributed by atoms with E-state index in [2.05, 4.69) is 32.8 Å². The number of aromatic nitrogens is 4. The van der Waals surface area contributed by atoms with Gasteiger partial charge in [-0.1, -0.05) is 19.1 Å². The average Bonchev–Trinajstić information content (AvgIpc) is 2.88. The van der Waals surface area contributed by atoms with Crippen LogP contribution in [0.15, 0.2) is 24.3 Å². The number of imidazole rings is 1. The maximum atomic E-state index is 5.83. The molecule has 0 bridgehead atoms. The minimum absolute atomic E-state index is 0.349. The van der Waals surface area contributed by atoms with Crippen LogP contribution >= 0.6 is 0 Å². The first-order valence-corrected chi connectivity index (χ1v) is 7.98. The summed E-state index contributed by atoms with van der Waals surface area (Å²) in [6, 6.07) is 8.14. The lowest BCUT2D eigenvalue weighted by Gasteiger charge is -2.40. The van der Waals surface area contributed by atoms with E-state index in [1.165, 1.54) is 5.56 Å². The zero-order valence-corrected chi connectivity index (χ0v) is 13.4. The van der Waals surface area contributed by atoms with E-state index >= 15 is 0 Å². The van der Waals surface area contributed by atoms with Gasteiger partial charge in [0, 0.05) is 24.3 Å². The number of fused-ring (bicyclic) bond motifs is 1. The fraction of sp³-hybridized carbons (Fsp3) is 0.353. The van der Waals surface area contributed by atoms with Crippen molar-refractivity contribution in [1.29, 1.82) is 0 Å². The molecular weight excluding hydrogens is 288 g/mol. The van der Waals surface area contributed by atoms with Gasteiger partial charge in [0.05, 0.1) is 17.0 Å². The third kappa shape index (κ3) is 2.30. The third-order valence-corrected chi connectivity index (χ3v) is 4.54. The second-order valence-corrected chi connectivity index (χ2v) is 6.06. The van der Waals surface area contributed by atoms with Crippen LogP contribution in [0, 0.1) is 6.92 Å². The molecule has 1 saturated heterocycles. The number of hydrogen-bond acceptors (Lipinski definition) is 5. The van der Waals surface area contributed by atoms with Crippen molar-refractivity contribution in [3.8, 4) is 0 Å². The predicted molar refractivity (Wildman–Crippen MR) is 91.6 cm³/mol. The Bertz CT molecular complexity index is 830. The first kappa shape index (κ1) is 14.0. The zero-order valence-electron chi connectivity index (χ0n) is 13.4. The number of anilines is 2. The number of H-pyrrole nitrogens is 1. The first-order chi connectivity index (χ1) is 11.2. The summed E-state index contributed by atoms with van der Waals surface area (Å²) in [5, 5.41) is 0. The summed E-state index contributed by atoms with van der Waals surface area (Å²) in [5.41, 5.74) is 10.1. The Morgan fingerprint density at radius 3 is 2.74 bits per heavy atom. The van der Waals surface area contributed by atoms with Gasteiger partial charge in [-0.25, -0.2) is 9.97 Å². The second kappa shape index (κ2) is 5.22. The van der Waals surface area contributed by atoms with Crippen LogP contribution < -0.4 is 10.6 Å². The molecule has 0 atom stereocenters. The number of nitrogens with zero attached hydrogens (tertiary/aromatic N) is 4. The molecule has 2 aromatic heterocycles. The Hall–Kier alpha value is -2.63. The summed E-state index contributed by atoms with van der Waals surface area (Å²) in [6.45, 7) is 5.93. The van der Waals surface area contributed by atoms with E-state index in [1.54, 1.807) is 0 Å². The summed E-state index contributed by atoms with van der Waals surface area (Å²) >= 11 is 0. The molecular formula is C17H20N6. The molecule has 4 rings (SSSR count). The van der Waals surface area contributed by atoms with E-state index in [4.69, 9.17) is 10.7 Å². The Kier molecular flexibility index (Phi) is 3.18. The monoisotopic (exact) mass is 308 g/mol. The summed E-state index contributed by atoms with van der Waals surface area (Å²) in [4.78, 5) is 19.1. The highest BCUT2D eigenvalue weighted by Gasteiger charge is 2.33. The highest BCUT2D eigenvalue weighted by atomic mass is 15.3. The van der Waals surface area contributed by atoms with Crippen molar-refractivity contribution >= 4 is 22.8 Å². The lowest BCUT2D eigenvalue weighted by molar-refractivity contribution is 0.499. The fourth-order valence-electron chi connectivity index (χ4n) is 3.27. The van der Waals surface area contributed by atoms with Gasteiger partial charge in [0.25, 0.3) is 0 Å². The van der Waals surface area contributed by atoms with Gasteiger partial charge in [0.1, 0.15) is 11.6 Å². The summed E-state index contributed by atoms with van der Waals surface area (Å²) in [5.74, 6) is 2.79. The number of aromatic amines is 1. The highest BCUT2D eigenvalue weighted by molar-refractivity contribution is 5.75. The molecule has 1 aliphatic heterocycles. The summed E-state index contributed by atoms with van der Waals surface area (Å²) in [6.07, 6.45) is 0.910. The molecule has 0 spiro atoms. The molecule has 1 fully saturated rings. The number of benzene rings is 1. The van der Waals surface area contributed by atoms with Crippen molar-refractivity contribution in [2.75, 3.05) is 23.7 Å². The van der Waals surface area contributed by atoms with Crippen molar-refractivity contribution in [2.45, 2.75) is 26.2 Å². The van der Waals surface area contributed by atoms with Crippen LogP contribution in [0.1, 0.15) is 29.9 Å². The van der Waals surface area contributed by atoms with Gasteiger partial charge >= 0.3 is 0 Å². The van der Waals surface area contributed by atoms with Gasteiger partial charge in [-0.15, -0.1) is 0 Å². The van der Waals surface area contributed by atoms with Gasteiger partial charge < -0.3 is 15.6 Å². The lowest BCUT2D eigenvalue weighted by Crippen LogP contribution is -2.46. The second-order valence-electron chi connectivity index (χ2n) is 6.06. The van der Waals surface area contributed by atoms with Crippen LogP contribution in [-0.4, -0.2) is 33.0 Å². The molecule has 1 aromatic carbocycles. The molecule has 3 N–H and O–H groups in total. The van der Waals surface area contributed by atoms with E-state index in [0.717, 1.165) is 47.9 Å². The third-order valence-electron chi connectivity index (χ3n) is 4.54.